The van der Waals surface area contributed by atoms with Gasteiger partial charge in [-0.25, -0.2) is 13.8 Å². The van der Waals surface area contributed by atoms with E-state index in [9.17, 15) is 8.78 Å². The van der Waals surface area contributed by atoms with E-state index in [1.807, 2.05) is 18.4 Å². The van der Waals surface area contributed by atoms with Crippen LogP contribution in [-0.2, 0) is 6.54 Å². The van der Waals surface area contributed by atoms with Gasteiger partial charge in [-0.05, 0) is 26.7 Å². The summed E-state index contributed by atoms with van der Waals surface area (Å²) in [6.07, 6.45) is 3.35. The second-order valence-electron chi connectivity index (χ2n) is 6.43. The highest BCUT2D eigenvalue weighted by Crippen LogP contribution is 2.37. The zero-order valence-electron chi connectivity index (χ0n) is 11.8. The smallest absolute Gasteiger partial charge is 0.161 e. The normalized spacial score (nSPS) is 16.6. The lowest BCUT2D eigenvalue weighted by Crippen LogP contribution is -2.38. The van der Waals surface area contributed by atoms with Crippen LogP contribution in [0.2, 0.25) is 0 Å². The van der Waals surface area contributed by atoms with Crippen molar-refractivity contribution in [2.24, 2.45) is 5.73 Å². The van der Waals surface area contributed by atoms with E-state index in [1.165, 1.54) is 18.6 Å². The summed E-state index contributed by atoms with van der Waals surface area (Å²) in [5.74, 6) is -0.395. The lowest BCUT2D eigenvalue weighted by atomic mass is 9.84. The lowest BCUT2D eigenvalue weighted by molar-refractivity contribution is 0.365. The van der Waals surface area contributed by atoms with Crippen molar-refractivity contribution in [3.63, 3.8) is 0 Å². The molecule has 0 amide bonds. The van der Waals surface area contributed by atoms with E-state index in [0.29, 0.717) is 23.5 Å². The highest BCUT2D eigenvalue weighted by atomic mass is 19.2. The molecule has 0 atom stereocenters. The number of hydrogen-bond acceptors (Lipinski definition) is 2. The topological polar surface area (TPSA) is 43.8 Å². The van der Waals surface area contributed by atoms with Gasteiger partial charge in [0.25, 0.3) is 0 Å². The third-order valence-corrected chi connectivity index (χ3v) is 3.86. The molecule has 1 aromatic heterocycles. The molecule has 3 nitrogen and oxygen atoms in total. The fourth-order valence-corrected chi connectivity index (χ4v) is 2.69. The van der Waals surface area contributed by atoms with E-state index in [1.54, 1.807) is 0 Å². The highest BCUT2D eigenvalue weighted by Gasteiger charge is 2.28. The summed E-state index contributed by atoms with van der Waals surface area (Å²) in [5.41, 5.74) is 6.80. The summed E-state index contributed by atoms with van der Waals surface area (Å²) < 4.78 is 28.9. The van der Waals surface area contributed by atoms with E-state index in [-0.39, 0.29) is 0 Å². The van der Waals surface area contributed by atoms with Crippen molar-refractivity contribution in [2.45, 2.75) is 51.1 Å². The molecule has 1 aliphatic rings. The van der Waals surface area contributed by atoms with Gasteiger partial charge in [0.15, 0.2) is 11.6 Å². The minimum atomic E-state index is -0.852. The minimum Gasteiger partial charge on any atom is -0.326 e. The predicted molar refractivity (Wildman–Crippen MR) is 74.5 cm³/mol. The Morgan fingerprint density at radius 1 is 1.30 bits per heavy atom. The average molecular weight is 279 g/mol. The second-order valence-corrected chi connectivity index (χ2v) is 6.43. The molecule has 1 aromatic carbocycles. The van der Waals surface area contributed by atoms with Crippen LogP contribution in [0.25, 0.3) is 11.0 Å². The van der Waals surface area contributed by atoms with E-state index in [2.05, 4.69) is 4.98 Å². The fraction of sp³-hybridized carbons (Fsp3) is 0.533. The predicted octanol–water partition coefficient (Wildman–Crippen LogP) is 3.32. The van der Waals surface area contributed by atoms with Gasteiger partial charge in [-0.1, -0.05) is 6.42 Å². The van der Waals surface area contributed by atoms with Crippen LogP contribution in [0.5, 0.6) is 0 Å². The summed E-state index contributed by atoms with van der Waals surface area (Å²) in [6, 6.07) is 2.40. The zero-order valence-corrected chi connectivity index (χ0v) is 11.8. The summed E-state index contributed by atoms with van der Waals surface area (Å²) >= 11 is 0. The molecule has 0 radical (unpaired) electrons. The summed E-state index contributed by atoms with van der Waals surface area (Å²) in [5, 5.41) is 0. The Hall–Kier alpha value is -1.49. The number of aromatic nitrogens is 2. The monoisotopic (exact) mass is 279 g/mol. The molecule has 0 unspecified atom stereocenters. The Balaban J connectivity index is 2.17. The maximum Gasteiger partial charge on any atom is 0.161 e. The quantitative estimate of drug-likeness (QED) is 0.936. The number of benzene rings is 1. The molecule has 3 rings (SSSR count). The van der Waals surface area contributed by atoms with Crippen LogP contribution in [0.1, 0.15) is 44.9 Å². The van der Waals surface area contributed by atoms with Crippen molar-refractivity contribution in [3.05, 3.63) is 29.6 Å². The fourth-order valence-electron chi connectivity index (χ4n) is 2.69. The molecular weight excluding hydrogens is 260 g/mol. The minimum absolute atomic E-state index is 0.385. The first-order chi connectivity index (χ1) is 9.35. The maximum absolute atomic E-state index is 13.5. The SMILES string of the molecule is CC(C)(N)Cn1c(C2CCC2)nc2cc(F)c(F)cc21. The number of nitrogens with two attached hydrogens (primary N) is 1. The maximum atomic E-state index is 13.5. The molecule has 0 aliphatic heterocycles. The highest BCUT2D eigenvalue weighted by molar-refractivity contribution is 5.76. The van der Waals surface area contributed by atoms with Gasteiger partial charge >= 0.3 is 0 Å². The first kappa shape index (κ1) is 13.5. The molecule has 0 saturated heterocycles. The third-order valence-electron chi connectivity index (χ3n) is 3.86. The van der Waals surface area contributed by atoms with Crippen molar-refractivity contribution in [2.75, 3.05) is 0 Å². The molecule has 20 heavy (non-hydrogen) atoms. The summed E-state index contributed by atoms with van der Waals surface area (Å²) in [6.45, 7) is 4.38. The number of fused-ring (bicyclic) bond motifs is 1. The standard InChI is InChI=1S/C15H19F2N3/c1-15(2,18)8-20-13-7-11(17)10(16)6-12(13)19-14(20)9-4-3-5-9/h6-7,9H,3-5,8,18H2,1-2H3. The van der Waals surface area contributed by atoms with Crippen molar-refractivity contribution in [1.82, 2.24) is 9.55 Å². The van der Waals surface area contributed by atoms with Crippen LogP contribution in [0.4, 0.5) is 8.78 Å². The van der Waals surface area contributed by atoms with Crippen LogP contribution < -0.4 is 5.73 Å². The van der Waals surface area contributed by atoms with Crippen molar-refractivity contribution in [3.8, 4) is 0 Å². The second kappa shape index (κ2) is 4.52. The zero-order chi connectivity index (χ0) is 14.5. The summed E-state index contributed by atoms with van der Waals surface area (Å²) in [4.78, 5) is 4.52. The first-order valence-corrected chi connectivity index (χ1v) is 6.99. The molecule has 2 N–H and O–H groups in total. The molecule has 1 heterocycles. The molecule has 0 spiro atoms. The number of halogens is 2. The number of imidazole rings is 1. The van der Waals surface area contributed by atoms with Gasteiger partial charge in [-0.2, -0.15) is 0 Å². The third kappa shape index (κ3) is 2.30. The molecule has 1 aliphatic carbocycles. The van der Waals surface area contributed by atoms with Gasteiger partial charge in [0.1, 0.15) is 5.82 Å². The number of hydrogen-bond donors (Lipinski definition) is 1. The van der Waals surface area contributed by atoms with Crippen LogP contribution in [0.3, 0.4) is 0 Å². The van der Waals surface area contributed by atoms with Crippen LogP contribution in [0.15, 0.2) is 12.1 Å². The van der Waals surface area contributed by atoms with E-state index >= 15 is 0 Å². The Bertz CT molecular complexity index is 651. The Labute approximate surface area is 116 Å². The van der Waals surface area contributed by atoms with E-state index < -0.39 is 17.2 Å². The molecule has 2 aromatic rings. The van der Waals surface area contributed by atoms with Gasteiger partial charge in [0, 0.05) is 30.1 Å². The van der Waals surface area contributed by atoms with Crippen molar-refractivity contribution in [1.29, 1.82) is 0 Å². The molecular formula is C15H19F2N3. The van der Waals surface area contributed by atoms with Crippen LogP contribution in [0, 0.1) is 11.6 Å². The molecule has 0 bridgehead atoms. The van der Waals surface area contributed by atoms with Gasteiger partial charge < -0.3 is 10.3 Å². The van der Waals surface area contributed by atoms with Crippen LogP contribution in [-0.4, -0.2) is 15.1 Å². The lowest BCUT2D eigenvalue weighted by Gasteiger charge is -2.28. The number of nitrogens with zero attached hydrogens (tertiary/aromatic N) is 2. The largest absolute Gasteiger partial charge is 0.326 e. The average Bonchev–Trinajstić information content (AvgIpc) is 2.54. The van der Waals surface area contributed by atoms with Gasteiger partial charge in [-0.15, -0.1) is 0 Å². The van der Waals surface area contributed by atoms with Crippen LogP contribution >= 0.6 is 0 Å². The van der Waals surface area contributed by atoms with Gasteiger partial charge in [0.05, 0.1) is 11.0 Å². The van der Waals surface area contributed by atoms with Crippen molar-refractivity contribution >= 4 is 11.0 Å². The van der Waals surface area contributed by atoms with E-state index in [0.717, 1.165) is 18.7 Å². The Morgan fingerprint density at radius 3 is 2.50 bits per heavy atom. The Morgan fingerprint density at radius 2 is 1.95 bits per heavy atom. The Kier molecular flexibility index (Phi) is 3.05. The van der Waals surface area contributed by atoms with Crippen molar-refractivity contribution < 1.29 is 8.78 Å². The van der Waals surface area contributed by atoms with Gasteiger partial charge in [-0.3, -0.25) is 0 Å². The molecule has 1 fully saturated rings. The summed E-state index contributed by atoms with van der Waals surface area (Å²) in [7, 11) is 0. The van der Waals surface area contributed by atoms with E-state index in [4.69, 9.17) is 5.73 Å². The molecule has 5 heteroatoms. The molecule has 1 saturated carbocycles. The molecule has 108 valence electrons. The van der Waals surface area contributed by atoms with Gasteiger partial charge in [0.2, 0.25) is 0 Å². The number of rotatable bonds is 3. The first-order valence-electron chi connectivity index (χ1n) is 6.99.